The fraction of sp³-hybridized carbons (Fsp3) is 0.647. The van der Waals surface area contributed by atoms with Crippen molar-refractivity contribution >= 4 is 21.9 Å². The van der Waals surface area contributed by atoms with Gasteiger partial charge in [0.1, 0.15) is 6.04 Å². The Morgan fingerprint density at radius 3 is 2.62 bits per heavy atom. The van der Waals surface area contributed by atoms with E-state index in [-0.39, 0.29) is 17.9 Å². The molecule has 1 aliphatic heterocycles. The molecule has 0 bridgehead atoms. The maximum Gasteiger partial charge on any atom is 0.371 e. The molecule has 0 radical (unpaired) electrons. The van der Waals surface area contributed by atoms with E-state index in [1.165, 1.54) is 0 Å². The van der Waals surface area contributed by atoms with E-state index >= 15 is 0 Å². The number of aromatic carboxylic acids is 1. The van der Waals surface area contributed by atoms with E-state index in [4.69, 9.17) is 9.52 Å². The lowest BCUT2D eigenvalue weighted by molar-refractivity contribution is -0.125. The summed E-state index contributed by atoms with van der Waals surface area (Å²) < 4.78 is 31.6. The first-order valence-corrected chi connectivity index (χ1v) is 10.4. The van der Waals surface area contributed by atoms with Gasteiger partial charge in [0.15, 0.2) is 0 Å². The second-order valence-corrected chi connectivity index (χ2v) is 8.94. The van der Waals surface area contributed by atoms with Gasteiger partial charge in [0.2, 0.25) is 16.8 Å². The average molecular weight is 384 g/mol. The molecule has 1 aliphatic carbocycles. The van der Waals surface area contributed by atoms with Crippen LogP contribution in [0.5, 0.6) is 0 Å². The van der Waals surface area contributed by atoms with E-state index in [2.05, 4.69) is 12.2 Å². The molecule has 3 rings (SSSR count). The number of carbonyl (C=O) groups excluding carboxylic acids is 1. The van der Waals surface area contributed by atoms with E-state index in [1.54, 1.807) is 0 Å². The predicted molar refractivity (Wildman–Crippen MR) is 92.2 cm³/mol. The third-order valence-electron chi connectivity index (χ3n) is 5.66. The number of furan rings is 1. The SMILES string of the molecule is CCC1(CNC(=O)C2CCCN2S(=O)(=O)c2ccc(C(=O)O)o2)CCC1. The highest BCUT2D eigenvalue weighted by Crippen LogP contribution is 2.43. The Kier molecular flexibility index (Phi) is 5.12. The Hall–Kier alpha value is -1.87. The molecule has 144 valence electrons. The molecule has 1 saturated heterocycles. The van der Waals surface area contributed by atoms with E-state index in [1.807, 2.05) is 0 Å². The molecule has 1 aromatic heterocycles. The monoisotopic (exact) mass is 384 g/mol. The summed E-state index contributed by atoms with van der Waals surface area (Å²) in [5.41, 5.74) is 0.148. The van der Waals surface area contributed by atoms with Crippen LogP contribution in [0.3, 0.4) is 0 Å². The van der Waals surface area contributed by atoms with Crippen molar-refractivity contribution in [3.05, 3.63) is 17.9 Å². The zero-order valence-corrected chi connectivity index (χ0v) is 15.5. The number of hydrogen-bond acceptors (Lipinski definition) is 5. The smallest absolute Gasteiger partial charge is 0.371 e. The van der Waals surface area contributed by atoms with Gasteiger partial charge in [-0.1, -0.05) is 13.3 Å². The van der Waals surface area contributed by atoms with Gasteiger partial charge in [-0.2, -0.15) is 4.31 Å². The van der Waals surface area contributed by atoms with Crippen LogP contribution in [0, 0.1) is 5.41 Å². The zero-order valence-electron chi connectivity index (χ0n) is 14.7. The Morgan fingerprint density at radius 2 is 2.08 bits per heavy atom. The summed E-state index contributed by atoms with van der Waals surface area (Å²) in [6.07, 6.45) is 5.34. The van der Waals surface area contributed by atoms with Crippen LogP contribution in [-0.2, 0) is 14.8 Å². The minimum atomic E-state index is -4.05. The van der Waals surface area contributed by atoms with Gasteiger partial charge < -0.3 is 14.8 Å². The summed E-state index contributed by atoms with van der Waals surface area (Å²) in [6, 6.07) is 1.43. The lowest BCUT2D eigenvalue weighted by Crippen LogP contribution is -2.49. The molecule has 2 N–H and O–H groups in total. The highest BCUT2D eigenvalue weighted by molar-refractivity contribution is 7.89. The van der Waals surface area contributed by atoms with E-state index < -0.39 is 32.9 Å². The number of nitrogens with zero attached hydrogens (tertiary/aromatic N) is 1. The third-order valence-corrected chi connectivity index (χ3v) is 7.45. The molecule has 2 aliphatic rings. The molecule has 1 atom stereocenters. The Balaban J connectivity index is 1.72. The second kappa shape index (κ2) is 7.03. The van der Waals surface area contributed by atoms with Crippen LogP contribution in [0.25, 0.3) is 0 Å². The van der Waals surface area contributed by atoms with Gasteiger partial charge in [-0.3, -0.25) is 4.79 Å². The molecule has 26 heavy (non-hydrogen) atoms. The number of rotatable bonds is 7. The Morgan fingerprint density at radius 1 is 1.35 bits per heavy atom. The van der Waals surface area contributed by atoms with Crippen LogP contribution < -0.4 is 5.32 Å². The van der Waals surface area contributed by atoms with Gasteiger partial charge in [0, 0.05) is 13.1 Å². The van der Waals surface area contributed by atoms with Crippen LogP contribution in [0.15, 0.2) is 21.6 Å². The summed E-state index contributed by atoms with van der Waals surface area (Å²) in [5, 5.41) is 11.4. The van der Waals surface area contributed by atoms with Gasteiger partial charge in [-0.25, -0.2) is 13.2 Å². The second-order valence-electron chi connectivity index (χ2n) is 7.12. The number of carbonyl (C=O) groups is 2. The summed E-state index contributed by atoms with van der Waals surface area (Å²) in [7, 11) is -4.05. The van der Waals surface area contributed by atoms with E-state index in [0.717, 1.165) is 42.1 Å². The first kappa shape index (κ1) is 18.9. The predicted octanol–water partition coefficient (Wildman–Crippen LogP) is 1.83. The summed E-state index contributed by atoms with van der Waals surface area (Å²) in [5.74, 6) is -2.08. The van der Waals surface area contributed by atoms with Crippen molar-refractivity contribution in [2.24, 2.45) is 5.41 Å². The summed E-state index contributed by atoms with van der Waals surface area (Å²) in [4.78, 5) is 23.5. The molecule has 0 aromatic carbocycles. The number of sulfonamides is 1. The Labute approximate surface area is 152 Å². The van der Waals surface area contributed by atoms with E-state index in [9.17, 15) is 18.0 Å². The topological polar surface area (TPSA) is 117 Å². The van der Waals surface area contributed by atoms with Gasteiger partial charge in [-0.05, 0) is 49.7 Å². The van der Waals surface area contributed by atoms with Crippen LogP contribution in [0.1, 0.15) is 56.0 Å². The highest BCUT2D eigenvalue weighted by atomic mass is 32.2. The normalized spacial score (nSPS) is 22.7. The number of amides is 1. The molecule has 9 heteroatoms. The Bertz CT molecular complexity index is 790. The maximum atomic E-state index is 12.8. The van der Waals surface area contributed by atoms with Crippen molar-refractivity contribution in [3.8, 4) is 0 Å². The number of nitrogens with one attached hydrogen (secondary N) is 1. The lowest BCUT2D eigenvalue weighted by Gasteiger charge is -2.41. The van der Waals surface area contributed by atoms with Crippen LogP contribution in [0.4, 0.5) is 0 Å². The van der Waals surface area contributed by atoms with Crippen LogP contribution >= 0.6 is 0 Å². The molecule has 1 saturated carbocycles. The van der Waals surface area contributed by atoms with Gasteiger partial charge in [-0.15, -0.1) is 0 Å². The largest absolute Gasteiger partial charge is 0.475 e. The summed E-state index contributed by atoms with van der Waals surface area (Å²) in [6.45, 7) is 2.88. The van der Waals surface area contributed by atoms with Crippen LogP contribution in [-0.4, -0.2) is 48.8 Å². The summed E-state index contributed by atoms with van der Waals surface area (Å²) >= 11 is 0. The quantitative estimate of drug-likeness (QED) is 0.741. The molecule has 1 aromatic rings. The first-order chi connectivity index (χ1) is 12.3. The van der Waals surface area contributed by atoms with Gasteiger partial charge >= 0.3 is 5.97 Å². The molecule has 1 amide bonds. The molecule has 2 heterocycles. The minimum absolute atomic E-state index is 0.148. The molecular formula is C17H24N2O6S. The van der Waals surface area contributed by atoms with Crippen molar-refractivity contribution in [1.82, 2.24) is 9.62 Å². The standard InChI is InChI=1S/C17H24N2O6S/c1-2-17(8-4-9-17)11-18-15(20)12-5-3-10-19(12)26(23,24)14-7-6-13(25-14)16(21)22/h6-7,12H,2-5,8-11H2,1H3,(H,18,20)(H,21,22). The van der Waals surface area contributed by atoms with Crippen molar-refractivity contribution in [1.29, 1.82) is 0 Å². The lowest BCUT2D eigenvalue weighted by atomic mass is 9.67. The molecule has 2 fully saturated rings. The third kappa shape index (κ3) is 3.37. The van der Waals surface area contributed by atoms with Crippen molar-refractivity contribution in [2.75, 3.05) is 13.1 Å². The average Bonchev–Trinajstić information content (AvgIpc) is 3.24. The maximum absolute atomic E-state index is 12.8. The zero-order chi connectivity index (χ0) is 18.9. The number of hydrogen-bond donors (Lipinski definition) is 2. The highest BCUT2D eigenvalue weighted by Gasteiger charge is 2.42. The number of carboxylic acids is 1. The van der Waals surface area contributed by atoms with Gasteiger partial charge in [0.25, 0.3) is 10.0 Å². The minimum Gasteiger partial charge on any atom is -0.475 e. The molecular weight excluding hydrogens is 360 g/mol. The fourth-order valence-corrected chi connectivity index (χ4v) is 5.28. The fourth-order valence-electron chi connectivity index (χ4n) is 3.70. The molecule has 1 unspecified atom stereocenters. The van der Waals surface area contributed by atoms with Gasteiger partial charge in [0.05, 0.1) is 0 Å². The van der Waals surface area contributed by atoms with Crippen molar-refractivity contribution in [2.45, 2.75) is 56.6 Å². The van der Waals surface area contributed by atoms with E-state index in [0.29, 0.717) is 19.4 Å². The van der Waals surface area contributed by atoms with Crippen molar-refractivity contribution < 1.29 is 27.5 Å². The molecule has 0 spiro atoms. The van der Waals surface area contributed by atoms with Crippen molar-refractivity contribution in [3.63, 3.8) is 0 Å². The molecule has 8 nitrogen and oxygen atoms in total. The number of carboxylic acid groups (broad SMARTS) is 1. The van der Waals surface area contributed by atoms with Crippen LogP contribution in [0.2, 0.25) is 0 Å². The first-order valence-electron chi connectivity index (χ1n) is 8.92.